The molecule has 1 amide bonds. The molecule has 0 aliphatic carbocycles. The van der Waals surface area contributed by atoms with Gasteiger partial charge in [-0.15, -0.1) is 0 Å². The molecule has 0 saturated heterocycles. The van der Waals surface area contributed by atoms with E-state index in [2.05, 4.69) is 10.3 Å². The van der Waals surface area contributed by atoms with E-state index in [1.54, 1.807) is 38.3 Å². The molecule has 6 nitrogen and oxygen atoms in total. The van der Waals surface area contributed by atoms with Crippen LogP contribution in [0, 0.1) is 0 Å². The third kappa shape index (κ3) is 5.35. The predicted octanol–water partition coefficient (Wildman–Crippen LogP) is 4.15. The Morgan fingerprint density at radius 2 is 2.03 bits per heavy atom. The van der Waals surface area contributed by atoms with Gasteiger partial charge in [0.15, 0.2) is 5.16 Å². The number of thioether (sulfide) groups is 1. The molecule has 0 aliphatic rings. The minimum absolute atomic E-state index is 0.182. The highest BCUT2D eigenvalue weighted by Crippen LogP contribution is 2.24. The first-order chi connectivity index (χ1) is 14.4. The van der Waals surface area contributed by atoms with E-state index in [4.69, 9.17) is 27.9 Å². The van der Waals surface area contributed by atoms with E-state index in [0.29, 0.717) is 45.8 Å². The molecule has 1 aromatic heterocycles. The molecule has 3 aromatic rings. The van der Waals surface area contributed by atoms with Crippen LogP contribution in [0.4, 0.5) is 0 Å². The zero-order chi connectivity index (χ0) is 21.7. The molecule has 1 unspecified atom stereocenters. The summed E-state index contributed by atoms with van der Waals surface area (Å²) in [6.45, 7) is 2.76. The molecule has 3 rings (SSSR count). The SMILES string of the molecule is COCCn1c(SC(C)C(=O)NCc2ccccc2Cl)nc2cc(Cl)ccc2c1=O. The number of nitrogens with zero attached hydrogens (tertiary/aromatic N) is 2. The molecule has 1 N–H and O–H groups in total. The highest BCUT2D eigenvalue weighted by atomic mass is 35.5. The van der Waals surface area contributed by atoms with Crippen molar-refractivity contribution in [1.82, 2.24) is 14.9 Å². The number of methoxy groups -OCH3 is 1. The van der Waals surface area contributed by atoms with Crippen LogP contribution < -0.4 is 10.9 Å². The van der Waals surface area contributed by atoms with Crippen LogP contribution in [0.15, 0.2) is 52.4 Å². The summed E-state index contributed by atoms with van der Waals surface area (Å²) < 4.78 is 6.66. The van der Waals surface area contributed by atoms with Crippen molar-refractivity contribution in [3.05, 3.63) is 68.4 Å². The molecule has 0 radical (unpaired) electrons. The minimum Gasteiger partial charge on any atom is -0.383 e. The third-order valence-corrected chi connectivity index (χ3v) is 6.16. The fourth-order valence-corrected chi connectivity index (χ4v) is 4.15. The fraction of sp³-hybridized carbons (Fsp3) is 0.286. The Morgan fingerprint density at radius 3 is 2.77 bits per heavy atom. The van der Waals surface area contributed by atoms with Gasteiger partial charge in [-0.3, -0.25) is 14.2 Å². The van der Waals surface area contributed by atoms with Gasteiger partial charge in [-0.2, -0.15) is 0 Å². The number of fused-ring (bicyclic) bond motifs is 1. The van der Waals surface area contributed by atoms with Crippen molar-refractivity contribution in [2.75, 3.05) is 13.7 Å². The van der Waals surface area contributed by atoms with Gasteiger partial charge < -0.3 is 10.1 Å². The second-order valence-electron chi connectivity index (χ2n) is 6.57. The first-order valence-electron chi connectivity index (χ1n) is 9.27. The average molecular weight is 466 g/mol. The van der Waals surface area contributed by atoms with Gasteiger partial charge in [-0.05, 0) is 36.8 Å². The van der Waals surface area contributed by atoms with Crippen molar-refractivity contribution < 1.29 is 9.53 Å². The van der Waals surface area contributed by atoms with Crippen LogP contribution in [0.2, 0.25) is 10.0 Å². The third-order valence-electron chi connectivity index (χ3n) is 4.46. The minimum atomic E-state index is -0.482. The molecule has 0 saturated carbocycles. The average Bonchev–Trinajstić information content (AvgIpc) is 2.72. The summed E-state index contributed by atoms with van der Waals surface area (Å²) in [5, 5.41) is 4.39. The number of halogens is 2. The molecular formula is C21H21Cl2N3O3S. The number of carbonyl (C=O) groups is 1. The second kappa shape index (κ2) is 10.3. The summed E-state index contributed by atoms with van der Waals surface area (Å²) in [6.07, 6.45) is 0. The maximum absolute atomic E-state index is 13.0. The molecule has 1 atom stereocenters. The van der Waals surface area contributed by atoms with E-state index < -0.39 is 5.25 Å². The van der Waals surface area contributed by atoms with Gasteiger partial charge in [0.2, 0.25) is 5.91 Å². The van der Waals surface area contributed by atoms with Crippen LogP contribution in [0.25, 0.3) is 10.9 Å². The van der Waals surface area contributed by atoms with Crippen LogP contribution in [-0.4, -0.2) is 34.4 Å². The normalized spacial score (nSPS) is 12.1. The summed E-state index contributed by atoms with van der Waals surface area (Å²) in [5.41, 5.74) is 1.13. The summed E-state index contributed by atoms with van der Waals surface area (Å²) in [6, 6.07) is 12.3. The van der Waals surface area contributed by atoms with E-state index in [1.165, 1.54) is 16.3 Å². The monoisotopic (exact) mass is 465 g/mol. The number of hydrogen-bond acceptors (Lipinski definition) is 5. The first-order valence-corrected chi connectivity index (χ1v) is 10.9. The summed E-state index contributed by atoms with van der Waals surface area (Å²) in [5.74, 6) is -0.182. The smallest absolute Gasteiger partial charge is 0.262 e. The summed E-state index contributed by atoms with van der Waals surface area (Å²) in [4.78, 5) is 30.2. The highest BCUT2D eigenvalue weighted by Gasteiger charge is 2.19. The van der Waals surface area contributed by atoms with Gasteiger partial charge in [0.1, 0.15) is 0 Å². The molecule has 0 fully saturated rings. The molecule has 0 bridgehead atoms. The largest absolute Gasteiger partial charge is 0.383 e. The number of amides is 1. The lowest BCUT2D eigenvalue weighted by Crippen LogP contribution is -2.32. The van der Waals surface area contributed by atoms with E-state index >= 15 is 0 Å². The molecule has 0 aliphatic heterocycles. The summed E-state index contributed by atoms with van der Waals surface area (Å²) >= 11 is 13.4. The number of carbonyl (C=O) groups excluding carboxylic acids is 1. The Balaban J connectivity index is 1.82. The number of rotatable bonds is 8. The lowest BCUT2D eigenvalue weighted by Gasteiger charge is -2.16. The Morgan fingerprint density at radius 1 is 1.27 bits per heavy atom. The highest BCUT2D eigenvalue weighted by molar-refractivity contribution is 8.00. The Kier molecular flexibility index (Phi) is 7.77. The topological polar surface area (TPSA) is 73.2 Å². The van der Waals surface area contributed by atoms with Crippen molar-refractivity contribution >= 4 is 51.8 Å². The molecule has 2 aromatic carbocycles. The number of nitrogens with one attached hydrogen (secondary N) is 1. The molecule has 0 spiro atoms. The van der Waals surface area contributed by atoms with Crippen molar-refractivity contribution in [2.24, 2.45) is 0 Å². The lowest BCUT2D eigenvalue weighted by molar-refractivity contribution is -0.120. The van der Waals surface area contributed by atoms with Gasteiger partial charge in [0.05, 0.1) is 29.3 Å². The quantitative estimate of drug-likeness (QED) is 0.399. The number of aromatic nitrogens is 2. The first kappa shape index (κ1) is 22.6. The molecule has 1 heterocycles. The van der Waals surface area contributed by atoms with E-state index in [-0.39, 0.29) is 11.5 Å². The fourth-order valence-electron chi connectivity index (χ4n) is 2.82. The molecule has 30 heavy (non-hydrogen) atoms. The van der Waals surface area contributed by atoms with Crippen molar-refractivity contribution in [1.29, 1.82) is 0 Å². The van der Waals surface area contributed by atoms with Gasteiger partial charge in [0, 0.05) is 23.7 Å². The number of benzene rings is 2. The van der Waals surface area contributed by atoms with Gasteiger partial charge in [0.25, 0.3) is 5.56 Å². The Bertz CT molecular complexity index is 1120. The summed E-state index contributed by atoms with van der Waals surface area (Å²) in [7, 11) is 1.57. The lowest BCUT2D eigenvalue weighted by atomic mass is 10.2. The van der Waals surface area contributed by atoms with E-state index in [1.807, 2.05) is 18.2 Å². The van der Waals surface area contributed by atoms with E-state index in [0.717, 1.165) is 5.56 Å². The molecule has 158 valence electrons. The maximum atomic E-state index is 13.0. The Hall–Kier alpha value is -2.06. The predicted molar refractivity (Wildman–Crippen MR) is 122 cm³/mol. The van der Waals surface area contributed by atoms with E-state index in [9.17, 15) is 9.59 Å². The maximum Gasteiger partial charge on any atom is 0.262 e. The second-order valence-corrected chi connectivity index (χ2v) is 8.73. The van der Waals surface area contributed by atoms with Crippen LogP contribution in [-0.2, 0) is 22.6 Å². The van der Waals surface area contributed by atoms with Crippen molar-refractivity contribution in [3.63, 3.8) is 0 Å². The van der Waals surface area contributed by atoms with Gasteiger partial charge in [-0.25, -0.2) is 4.98 Å². The van der Waals surface area contributed by atoms with Crippen LogP contribution >= 0.6 is 35.0 Å². The molecule has 9 heteroatoms. The van der Waals surface area contributed by atoms with Crippen molar-refractivity contribution in [3.8, 4) is 0 Å². The van der Waals surface area contributed by atoms with Gasteiger partial charge in [-0.1, -0.05) is 53.2 Å². The number of hydrogen-bond donors (Lipinski definition) is 1. The van der Waals surface area contributed by atoms with Crippen LogP contribution in [0.1, 0.15) is 12.5 Å². The van der Waals surface area contributed by atoms with Crippen LogP contribution in [0.3, 0.4) is 0 Å². The molecular weight excluding hydrogens is 445 g/mol. The van der Waals surface area contributed by atoms with Gasteiger partial charge >= 0.3 is 0 Å². The van der Waals surface area contributed by atoms with Crippen molar-refractivity contribution in [2.45, 2.75) is 30.4 Å². The number of ether oxygens (including phenoxy) is 1. The zero-order valence-corrected chi connectivity index (χ0v) is 18.9. The van der Waals surface area contributed by atoms with Crippen LogP contribution in [0.5, 0.6) is 0 Å². The zero-order valence-electron chi connectivity index (χ0n) is 16.5. The standard InChI is InChI=1S/C21H21Cl2N3O3S/c1-13(19(27)24-12-14-5-3-4-6-17(14)23)30-21-25-18-11-15(22)7-8-16(18)20(28)26(21)9-10-29-2/h3-8,11,13H,9-10,12H2,1-2H3,(H,24,27). The Labute approximate surface area is 188 Å².